The van der Waals surface area contributed by atoms with Gasteiger partial charge in [0.1, 0.15) is 10.0 Å². The van der Waals surface area contributed by atoms with Gasteiger partial charge in [-0.1, -0.05) is 23.9 Å². The number of nitrogens with one attached hydrogen (secondary N) is 1. The summed E-state index contributed by atoms with van der Waals surface area (Å²) < 4.78 is 0.880. The summed E-state index contributed by atoms with van der Waals surface area (Å²) in [4.78, 5) is 30.5. The van der Waals surface area contributed by atoms with Crippen molar-refractivity contribution in [3.63, 3.8) is 0 Å². The van der Waals surface area contributed by atoms with E-state index in [1.54, 1.807) is 5.38 Å². The van der Waals surface area contributed by atoms with Crippen molar-refractivity contribution in [2.24, 2.45) is 0 Å². The molecule has 5 nitrogen and oxygen atoms in total. The van der Waals surface area contributed by atoms with E-state index in [1.807, 2.05) is 35.4 Å². The summed E-state index contributed by atoms with van der Waals surface area (Å²) in [6.45, 7) is 2.12. The van der Waals surface area contributed by atoms with Gasteiger partial charge in [0, 0.05) is 30.6 Å². The van der Waals surface area contributed by atoms with Crippen LogP contribution in [0.5, 0.6) is 0 Å². The largest absolute Gasteiger partial charge is 0.347 e. The first-order chi connectivity index (χ1) is 11.7. The molecule has 1 aromatic carbocycles. The molecule has 1 aliphatic heterocycles. The third kappa shape index (κ3) is 3.96. The third-order valence-electron chi connectivity index (χ3n) is 3.94. The molecule has 2 heterocycles. The van der Waals surface area contributed by atoms with Gasteiger partial charge in [0.15, 0.2) is 0 Å². The number of thiazole rings is 1. The van der Waals surface area contributed by atoms with Crippen molar-refractivity contribution in [2.75, 3.05) is 19.3 Å². The standard InChI is InChI=1S/C17H19N3O2S2/c1-23-17-19-14(11-24-17)15(21)18-10-12-4-6-13(7-5-12)16(22)20-8-2-3-9-20/h4-7,11H,2-3,8-10H2,1H3,(H,18,21). The van der Waals surface area contributed by atoms with E-state index in [9.17, 15) is 9.59 Å². The molecule has 0 unspecified atom stereocenters. The zero-order chi connectivity index (χ0) is 16.9. The summed E-state index contributed by atoms with van der Waals surface area (Å²) in [5, 5.41) is 4.62. The van der Waals surface area contributed by atoms with Crippen molar-refractivity contribution >= 4 is 34.9 Å². The van der Waals surface area contributed by atoms with E-state index < -0.39 is 0 Å². The van der Waals surface area contributed by atoms with E-state index in [0.29, 0.717) is 17.8 Å². The lowest BCUT2D eigenvalue weighted by molar-refractivity contribution is 0.0792. The molecule has 2 aromatic rings. The molecule has 3 rings (SSSR count). The maximum atomic E-state index is 12.3. The molecule has 1 fully saturated rings. The minimum atomic E-state index is -0.177. The monoisotopic (exact) mass is 361 g/mol. The molecule has 1 aromatic heterocycles. The number of carbonyl (C=O) groups excluding carboxylic acids is 2. The number of amides is 2. The van der Waals surface area contributed by atoms with Gasteiger partial charge in [-0.3, -0.25) is 9.59 Å². The van der Waals surface area contributed by atoms with Crippen LogP contribution < -0.4 is 5.32 Å². The van der Waals surface area contributed by atoms with Gasteiger partial charge in [-0.25, -0.2) is 4.98 Å². The molecular weight excluding hydrogens is 342 g/mol. The van der Waals surface area contributed by atoms with Crippen molar-refractivity contribution in [1.82, 2.24) is 15.2 Å². The van der Waals surface area contributed by atoms with Crippen LogP contribution >= 0.6 is 23.1 Å². The number of benzene rings is 1. The summed E-state index contributed by atoms with van der Waals surface area (Å²) in [5.41, 5.74) is 2.11. The van der Waals surface area contributed by atoms with Crippen LogP contribution in [0.2, 0.25) is 0 Å². The van der Waals surface area contributed by atoms with Crippen LogP contribution in [0.3, 0.4) is 0 Å². The molecule has 1 aliphatic rings. The number of thioether (sulfide) groups is 1. The molecular formula is C17H19N3O2S2. The highest BCUT2D eigenvalue weighted by Crippen LogP contribution is 2.19. The van der Waals surface area contributed by atoms with Crippen LogP contribution in [-0.4, -0.2) is 41.0 Å². The molecule has 0 bridgehead atoms. The number of hydrogen-bond donors (Lipinski definition) is 1. The minimum Gasteiger partial charge on any atom is -0.347 e. The Hall–Kier alpha value is -1.86. The van der Waals surface area contributed by atoms with Crippen molar-refractivity contribution in [3.05, 3.63) is 46.5 Å². The lowest BCUT2D eigenvalue weighted by atomic mass is 10.1. The van der Waals surface area contributed by atoms with E-state index in [-0.39, 0.29) is 11.8 Å². The third-order valence-corrected chi connectivity index (χ3v) is 5.80. The predicted octanol–water partition coefficient (Wildman–Crippen LogP) is 3.03. The first kappa shape index (κ1) is 17.0. The lowest BCUT2D eigenvalue weighted by Gasteiger charge is -2.15. The Morgan fingerprint density at radius 3 is 2.58 bits per heavy atom. The highest BCUT2D eigenvalue weighted by Gasteiger charge is 2.19. The van der Waals surface area contributed by atoms with Crippen molar-refractivity contribution < 1.29 is 9.59 Å². The van der Waals surface area contributed by atoms with Crippen LogP contribution in [0, 0.1) is 0 Å². The lowest BCUT2D eigenvalue weighted by Crippen LogP contribution is -2.27. The Morgan fingerprint density at radius 1 is 1.25 bits per heavy atom. The fraction of sp³-hybridized carbons (Fsp3) is 0.353. The van der Waals surface area contributed by atoms with Gasteiger partial charge >= 0.3 is 0 Å². The van der Waals surface area contributed by atoms with Crippen LogP contribution in [0.4, 0.5) is 0 Å². The SMILES string of the molecule is CSc1nc(C(=O)NCc2ccc(C(=O)N3CCCC3)cc2)cs1. The first-order valence-corrected chi connectivity index (χ1v) is 9.94. The smallest absolute Gasteiger partial charge is 0.271 e. The zero-order valence-corrected chi connectivity index (χ0v) is 15.1. The number of carbonyl (C=O) groups is 2. The second kappa shape index (κ2) is 7.81. The zero-order valence-electron chi connectivity index (χ0n) is 13.4. The number of nitrogens with zero attached hydrogens (tertiary/aromatic N) is 2. The highest BCUT2D eigenvalue weighted by molar-refractivity contribution is 8.00. The number of hydrogen-bond acceptors (Lipinski definition) is 5. The molecule has 0 aliphatic carbocycles. The fourth-order valence-corrected chi connectivity index (χ4v) is 3.84. The van der Waals surface area contributed by atoms with Gasteiger partial charge in [-0.15, -0.1) is 11.3 Å². The molecule has 0 atom stereocenters. The van der Waals surface area contributed by atoms with E-state index in [2.05, 4.69) is 10.3 Å². The van der Waals surface area contributed by atoms with E-state index in [4.69, 9.17) is 0 Å². The Balaban J connectivity index is 1.56. The Kier molecular flexibility index (Phi) is 5.52. The second-order valence-corrected chi connectivity index (χ2v) is 7.49. The van der Waals surface area contributed by atoms with Gasteiger partial charge in [0.25, 0.3) is 11.8 Å². The maximum absolute atomic E-state index is 12.3. The molecule has 126 valence electrons. The molecule has 7 heteroatoms. The van der Waals surface area contributed by atoms with E-state index in [0.717, 1.165) is 35.8 Å². The van der Waals surface area contributed by atoms with Crippen LogP contribution in [0.1, 0.15) is 39.3 Å². The Labute approximate surface area is 149 Å². The van der Waals surface area contributed by atoms with Crippen LogP contribution in [0.25, 0.3) is 0 Å². The Bertz CT molecular complexity index is 722. The molecule has 2 amide bonds. The quantitative estimate of drug-likeness (QED) is 0.832. The normalized spacial score (nSPS) is 14.0. The van der Waals surface area contributed by atoms with Crippen LogP contribution in [0.15, 0.2) is 34.0 Å². The van der Waals surface area contributed by atoms with Gasteiger partial charge in [-0.05, 0) is 36.8 Å². The molecule has 1 N–H and O–H groups in total. The maximum Gasteiger partial charge on any atom is 0.271 e. The summed E-state index contributed by atoms with van der Waals surface area (Å²) in [6.07, 6.45) is 4.11. The topological polar surface area (TPSA) is 62.3 Å². The average Bonchev–Trinajstić information content (AvgIpc) is 3.30. The van der Waals surface area contributed by atoms with E-state index >= 15 is 0 Å². The van der Waals surface area contributed by atoms with Gasteiger partial charge in [-0.2, -0.15) is 0 Å². The van der Waals surface area contributed by atoms with Gasteiger partial charge in [0.05, 0.1) is 0 Å². The predicted molar refractivity (Wildman–Crippen MR) is 96.6 cm³/mol. The average molecular weight is 361 g/mol. The van der Waals surface area contributed by atoms with Crippen molar-refractivity contribution in [1.29, 1.82) is 0 Å². The van der Waals surface area contributed by atoms with Crippen LogP contribution in [-0.2, 0) is 6.54 Å². The van der Waals surface area contributed by atoms with Gasteiger partial charge in [0.2, 0.25) is 0 Å². The highest BCUT2D eigenvalue weighted by atomic mass is 32.2. The molecule has 0 radical (unpaired) electrons. The minimum absolute atomic E-state index is 0.0927. The van der Waals surface area contributed by atoms with Crippen molar-refractivity contribution in [2.45, 2.75) is 23.7 Å². The molecule has 0 spiro atoms. The summed E-state index contributed by atoms with van der Waals surface area (Å²) in [7, 11) is 0. The number of rotatable bonds is 5. The van der Waals surface area contributed by atoms with Gasteiger partial charge < -0.3 is 10.2 Å². The second-order valence-electron chi connectivity index (χ2n) is 5.58. The summed E-state index contributed by atoms with van der Waals surface area (Å²) in [5.74, 6) is -0.0843. The first-order valence-electron chi connectivity index (χ1n) is 7.83. The fourth-order valence-electron chi connectivity index (χ4n) is 2.60. The number of likely N-dealkylation sites (tertiary alicyclic amines) is 1. The Morgan fingerprint density at radius 2 is 1.96 bits per heavy atom. The molecule has 1 saturated heterocycles. The number of aromatic nitrogens is 1. The van der Waals surface area contributed by atoms with E-state index in [1.165, 1.54) is 23.1 Å². The van der Waals surface area contributed by atoms with Crippen molar-refractivity contribution in [3.8, 4) is 0 Å². The molecule has 0 saturated carbocycles. The summed E-state index contributed by atoms with van der Waals surface area (Å²) >= 11 is 2.99. The molecule has 24 heavy (non-hydrogen) atoms. The summed E-state index contributed by atoms with van der Waals surface area (Å²) in [6, 6.07) is 7.43.